The highest BCUT2D eigenvalue weighted by Crippen LogP contribution is 2.34. The molecule has 11 nitrogen and oxygen atoms in total. The van der Waals surface area contributed by atoms with E-state index in [1.165, 1.54) is 31.4 Å². The summed E-state index contributed by atoms with van der Waals surface area (Å²) in [5, 5.41) is 2.20. The normalized spacial score (nSPS) is 20.7. The van der Waals surface area contributed by atoms with Gasteiger partial charge in [0.05, 0.1) is 26.8 Å². The number of fused-ring (bicyclic) bond motifs is 1. The molecular formula is C14H15ClN6O5S. The van der Waals surface area contributed by atoms with Crippen LogP contribution in [0.15, 0.2) is 35.5 Å². The first kappa shape index (κ1) is 18.9. The van der Waals surface area contributed by atoms with Crippen LogP contribution in [0, 0.1) is 0 Å². The number of nitrogens with one attached hydrogen (secondary N) is 2. The van der Waals surface area contributed by atoms with Crippen LogP contribution in [-0.4, -0.2) is 60.2 Å². The molecule has 1 unspecified atom stereocenters. The van der Waals surface area contributed by atoms with Crippen LogP contribution in [-0.2, 0) is 10.0 Å². The molecule has 2 N–H and O–H groups in total. The van der Waals surface area contributed by atoms with Gasteiger partial charge in [-0.15, -0.1) is 0 Å². The monoisotopic (exact) mass is 414 g/mol. The second kappa shape index (κ2) is 7.04. The molecule has 2 aliphatic heterocycles. The highest BCUT2D eigenvalue weighted by molar-refractivity contribution is 7.92. The molecule has 27 heavy (non-hydrogen) atoms. The van der Waals surface area contributed by atoms with E-state index < -0.39 is 20.4 Å². The molecule has 0 aromatic carbocycles. The zero-order valence-corrected chi connectivity index (χ0v) is 15.8. The first-order chi connectivity index (χ1) is 12.8. The number of carbonyl (C=O) groups excluding carboxylic acids is 1. The number of carbonyl (C=O) groups is 1. The summed E-state index contributed by atoms with van der Waals surface area (Å²) in [6.45, 7) is -0.259. The van der Waals surface area contributed by atoms with Crippen LogP contribution < -0.4 is 19.5 Å². The maximum Gasteiger partial charge on any atom is 0.335 e. The SMILES string of the molecule is COc1cc(OC)nc(NC(=O)NS(=O)(=O)C2(Cl)CN=C3C=CC=CN32)n1. The number of alkyl halides is 1. The molecule has 13 heteroatoms. The van der Waals surface area contributed by atoms with Gasteiger partial charge in [0.15, 0.2) is 0 Å². The Morgan fingerprint density at radius 3 is 2.56 bits per heavy atom. The van der Waals surface area contributed by atoms with E-state index >= 15 is 0 Å². The van der Waals surface area contributed by atoms with Gasteiger partial charge in [-0.2, -0.15) is 9.97 Å². The van der Waals surface area contributed by atoms with Gasteiger partial charge in [0, 0.05) is 6.20 Å². The van der Waals surface area contributed by atoms with Gasteiger partial charge in [-0.05, 0) is 12.2 Å². The van der Waals surface area contributed by atoms with Crippen molar-refractivity contribution in [2.75, 3.05) is 26.1 Å². The lowest BCUT2D eigenvalue weighted by Crippen LogP contribution is -2.55. The van der Waals surface area contributed by atoms with Gasteiger partial charge < -0.3 is 9.47 Å². The molecule has 0 saturated heterocycles. The third kappa shape index (κ3) is 3.53. The molecule has 2 amide bonds. The Bertz CT molecular complexity index is 940. The molecule has 0 fully saturated rings. The number of rotatable bonds is 5. The topological polar surface area (TPSA) is 135 Å². The molecule has 0 aliphatic carbocycles. The Labute approximate surface area is 159 Å². The quantitative estimate of drug-likeness (QED) is 0.529. The molecule has 1 atom stereocenters. The minimum absolute atomic E-state index is 0.118. The fourth-order valence-corrected chi connectivity index (χ4v) is 3.73. The summed E-state index contributed by atoms with van der Waals surface area (Å²) in [7, 11) is -1.64. The van der Waals surface area contributed by atoms with Crippen molar-refractivity contribution in [3.63, 3.8) is 0 Å². The number of methoxy groups -OCH3 is 2. The van der Waals surface area contributed by atoms with Gasteiger partial charge in [-0.3, -0.25) is 15.2 Å². The molecule has 1 aromatic heterocycles. The van der Waals surface area contributed by atoms with E-state index in [0.717, 1.165) is 0 Å². The van der Waals surface area contributed by atoms with Crippen molar-refractivity contribution < 1.29 is 22.7 Å². The van der Waals surface area contributed by atoms with Crippen LogP contribution in [0.2, 0.25) is 0 Å². The number of anilines is 1. The Hall–Kier alpha value is -2.86. The molecule has 0 radical (unpaired) electrons. The van der Waals surface area contributed by atoms with Gasteiger partial charge >= 0.3 is 6.03 Å². The molecule has 3 heterocycles. The van der Waals surface area contributed by atoms with Crippen molar-refractivity contribution in [2.45, 2.75) is 4.33 Å². The van der Waals surface area contributed by atoms with Crippen LogP contribution >= 0.6 is 11.6 Å². The lowest BCUT2D eigenvalue weighted by atomic mass is 10.3. The fraction of sp³-hybridized carbons (Fsp3) is 0.286. The van der Waals surface area contributed by atoms with E-state index in [-0.39, 0.29) is 24.3 Å². The smallest absolute Gasteiger partial charge is 0.335 e. The molecule has 0 spiro atoms. The van der Waals surface area contributed by atoms with Gasteiger partial charge in [0.2, 0.25) is 17.7 Å². The van der Waals surface area contributed by atoms with Crippen LogP contribution in [0.1, 0.15) is 0 Å². The second-order valence-electron chi connectivity index (χ2n) is 5.27. The maximum atomic E-state index is 12.7. The summed E-state index contributed by atoms with van der Waals surface area (Å²) in [5.74, 6) is 0.395. The number of aliphatic imine (C=N–C) groups is 1. The minimum atomic E-state index is -4.37. The molecular weight excluding hydrogens is 400 g/mol. The number of nitrogens with zero attached hydrogens (tertiary/aromatic N) is 4. The van der Waals surface area contributed by atoms with Crippen LogP contribution in [0.25, 0.3) is 0 Å². The zero-order chi connectivity index (χ0) is 19.7. The van der Waals surface area contributed by atoms with Crippen LogP contribution in [0.5, 0.6) is 11.8 Å². The van der Waals surface area contributed by atoms with Gasteiger partial charge in [0.1, 0.15) is 5.84 Å². The summed E-state index contributed by atoms with van der Waals surface area (Å²) >= 11 is 6.30. The van der Waals surface area contributed by atoms with Gasteiger partial charge in [-0.25, -0.2) is 17.9 Å². The Morgan fingerprint density at radius 1 is 1.26 bits per heavy atom. The van der Waals surface area contributed by atoms with Crippen LogP contribution in [0.4, 0.5) is 10.7 Å². The number of urea groups is 1. The predicted molar refractivity (Wildman–Crippen MR) is 97.2 cm³/mol. The third-order valence-corrected chi connectivity index (χ3v) is 6.11. The minimum Gasteiger partial charge on any atom is -0.481 e. The number of allylic oxidation sites excluding steroid dienone is 2. The standard InChI is InChI=1S/C14H15ClN6O5S/c1-25-10-7-11(26-2)18-12(17-10)19-13(22)20-27(23,24)14(15)8-16-9-5-3-4-6-21(9)14/h3-7H,8H2,1-2H3,(H2,17,18,19,20,22). The van der Waals surface area contributed by atoms with E-state index in [0.29, 0.717) is 5.84 Å². The summed E-state index contributed by atoms with van der Waals surface area (Å²) in [4.78, 5) is 25.3. The van der Waals surface area contributed by atoms with Crippen molar-refractivity contribution >= 4 is 39.4 Å². The highest BCUT2D eigenvalue weighted by Gasteiger charge is 2.52. The Morgan fingerprint density at radius 2 is 1.93 bits per heavy atom. The number of aromatic nitrogens is 2. The maximum absolute atomic E-state index is 12.7. The van der Waals surface area contributed by atoms with E-state index in [1.807, 2.05) is 4.72 Å². The third-order valence-electron chi connectivity index (χ3n) is 3.60. The number of hydrogen-bond donors (Lipinski definition) is 2. The molecule has 2 aliphatic rings. The second-order valence-corrected chi connectivity index (χ2v) is 8.01. The number of amides is 2. The van der Waals surface area contributed by atoms with E-state index in [2.05, 4.69) is 20.3 Å². The molecule has 0 saturated carbocycles. The summed E-state index contributed by atoms with van der Waals surface area (Å²) in [6, 6.07) is 0.289. The molecule has 1 aromatic rings. The largest absolute Gasteiger partial charge is 0.481 e. The zero-order valence-electron chi connectivity index (χ0n) is 14.2. The lowest BCUT2D eigenvalue weighted by Gasteiger charge is -2.31. The van der Waals surface area contributed by atoms with Crippen molar-refractivity contribution in [2.24, 2.45) is 4.99 Å². The fourth-order valence-electron chi connectivity index (χ4n) is 2.31. The van der Waals surface area contributed by atoms with Gasteiger partial charge in [-0.1, -0.05) is 17.7 Å². The first-order valence-electron chi connectivity index (χ1n) is 7.47. The number of sulfonamides is 1. The Kier molecular flexibility index (Phi) is 4.93. The predicted octanol–water partition coefficient (Wildman–Crippen LogP) is 0.635. The van der Waals surface area contributed by atoms with Crippen molar-refractivity contribution in [1.82, 2.24) is 19.6 Å². The number of ether oxygens (including phenoxy) is 2. The van der Waals surface area contributed by atoms with E-state index in [1.54, 1.807) is 18.2 Å². The van der Waals surface area contributed by atoms with Crippen molar-refractivity contribution in [1.29, 1.82) is 0 Å². The summed E-state index contributed by atoms with van der Waals surface area (Å²) in [6.07, 6.45) is 6.37. The van der Waals surface area contributed by atoms with E-state index in [9.17, 15) is 13.2 Å². The van der Waals surface area contributed by atoms with Gasteiger partial charge in [0.25, 0.3) is 14.4 Å². The lowest BCUT2D eigenvalue weighted by molar-refractivity contribution is 0.256. The summed E-state index contributed by atoms with van der Waals surface area (Å²) < 4.78 is 35.2. The number of hydrogen-bond acceptors (Lipinski definition) is 9. The average molecular weight is 415 g/mol. The van der Waals surface area contributed by atoms with Crippen molar-refractivity contribution in [3.8, 4) is 11.8 Å². The number of halogens is 1. The molecule has 144 valence electrons. The Balaban J connectivity index is 1.76. The molecule has 0 bridgehead atoms. The highest BCUT2D eigenvalue weighted by atomic mass is 35.5. The summed E-state index contributed by atoms with van der Waals surface area (Å²) in [5.41, 5.74) is 0. The van der Waals surface area contributed by atoms with Crippen molar-refractivity contribution in [3.05, 3.63) is 30.5 Å². The average Bonchev–Trinajstić information content (AvgIpc) is 3.00. The molecule has 3 rings (SSSR count). The van der Waals surface area contributed by atoms with E-state index in [4.69, 9.17) is 21.1 Å². The van der Waals surface area contributed by atoms with Crippen LogP contribution in [0.3, 0.4) is 0 Å². The first-order valence-corrected chi connectivity index (χ1v) is 9.33. The number of amidine groups is 1.